The largest absolute Gasteiger partial charge is 0.332 e. The summed E-state index contributed by atoms with van der Waals surface area (Å²) in [6.07, 6.45) is 0. The summed E-state index contributed by atoms with van der Waals surface area (Å²) in [7, 11) is 0. The number of halogens is 1. The Morgan fingerprint density at radius 1 is 0.857 bits per heavy atom. The highest BCUT2D eigenvalue weighted by molar-refractivity contribution is 6.30. The van der Waals surface area contributed by atoms with Crippen LogP contribution in [-0.4, -0.2) is 46.9 Å². The lowest BCUT2D eigenvalue weighted by atomic mass is 9.84. The lowest BCUT2D eigenvalue weighted by Crippen LogP contribution is -2.39. The fourth-order valence-electron chi connectivity index (χ4n) is 4.33. The van der Waals surface area contributed by atoms with Gasteiger partial charge in [-0.1, -0.05) is 35.9 Å². The van der Waals surface area contributed by atoms with Crippen molar-refractivity contribution in [2.24, 2.45) is 0 Å². The van der Waals surface area contributed by atoms with Crippen molar-refractivity contribution in [1.29, 1.82) is 0 Å². The third-order valence-corrected chi connectivity index (χ3v) is 6.32. The molecule has 1 aliphatic heterocycles. The van der Waals surface area contributed by atoms with Gasteiger partial charge in [0.25, 0.3) is 5.91 Å². The van der Waals surface area contributed by atoms with Gasteiger partial charge in [-0.25, -0.2) is 4.79 Å². The molecule has 5 rings (SSSR count). The van der Waals surface area contributed by atoms with Gasteiger partial charge in [-0.2, -0.15) is 0 Å². The number of nitrogens with one attached hydrogen (secondary N) is 1. The van der Waals surface area contributed by atoms with E-state index in [9.17, 15) is 24.0 Å². The summed E-state index contributed by atoms with van der Waals surface area (Å²) in [6.45, 7) is 1.08. The summed E-state index contributed by atoms with van der Waals surface area (Å²) in [6, 6.07) is 16.0. The lowest BCUT2D eigenvalue weighted by molar-refractivity contribution is -0.130. The van der Waals surface area contributed by atoms with E-state index in [2.05, 4.69) is 5.32 Å². The topological polar surface area (TPSA) is 104 Å². The van der Waals surface area contributed by atoms with Crippen molar-refractivity contribution in [3.8, 4) is 0 Å². The Morgan fingerprint density at radius 2 is 1.46 bits per heavy atom. The first-order valence-corrected chi connectivity index (χ1v) is 11.2. The minimum absolute atomic E-state index is 0.183. The maximum absolute atomic E-state index is 12.9. The molecule has 8 nitrogen and oxygen atoms in total. The molecular formula is C26H18ClN3O5. The van der Waals surface area contributed by atoms with Crippen LogP contribution in [0.25, 0.3) is 0 Å². The first kappa shape index (κ1) is 22.5. The monoisotopic (exact) mass is 487 g/mol. The Kier molecular flexibility index (Phi) is 5.45. The van der Waals surface area contributed by atoms with Crippen molar-refractivity contribution >= 4 is 52.4 Å². The van der Waals surface area contributed by atoms with Crippen LogP contribution in [0, 0.1) is 0 Å². The number of ketones is 2. The van der Waals surface area contributed by atoms with E-state index in [4.69, 9.17) is 11.6 Å². The zero-order chi connectivity index (χ0) is 24.9. The molecule has 174 valence electrons. The van der Waals surface area contributed by atoms with Gasteiger partial charge in [-0.05, 0) is 49.4 Å². The first-order valence-electron chi connectivity index (χ1n) is 10.8. The molecule has 1 aliphatic carbocycles. The zero-order valence-electron chi connectivity index (χ0n) is 18.4. The molecule has 0 aromatic heterocycles. The highest BCUT2D eigenvalue weighted by Gasteiger charge is 2.44. The fraction of sp³-hybridized carbons (Fsp3) is 0.115. The van der Waals surface area contributed by atoms with Gasteiger partial charge in [0.2, 0.25) is 5.91 Å². The molecule has 0 spiro atoms. The van der Waals surface area contributed by atoms with Gasteiger partial charge in [0, 0.05) is 38.7 Å². The maximum Gasteiger partial charge on any atom is 0.332 e. The van der Waals surface area contributed by atoms with Crippen LogP contribution in [-0.2, 0) is 9.59 Å². The second-order valence-electron chi connectivity index (χ2n) is 8.24. The van der Waals surface area contributed by atoms with Crippen molar-refractivity contribution in [2.75, 3.05) is 16.8 Å². The summed E-state index contributed by atoms with van der Waals surface area (Å²) in [4.78, 5) is 66.2. The zero-order valence-corrected chi connectivity index (χ0v) is 19.2. The normalized spacial score (nSPS) is 16.9. The summed E-state index contributed by atoms with van der Waals surface area (Å²) >= 11 is 5.91. The molecular weight excluding hydrogens is 470 g/mol. The summed E-state index contributed by atoms with van der Waals surface area (Å²) in [5.74, 6) is -1.71. The SMILES string of the molecule is CC1C(=O)N(CC(=O)Nc2ccc3c(c2)C(=O)c2ccccc2C3=O)C(=O)N1c1ccc(Cl)cc1. The van der Waals surface area contributed by atoms with Gasteiger partial charge in [-0.3, -0.25) is 29.0 Å². The van der Waals surface area contributed by atoms with Gasteiger partial charge in [0.1, 0.15) is 12.6 Å². The van der Waals surface area contributed by atoms with Crippen LogP contribution in [0.3, 0.4) is 0 Å². The smallest absolute Gasteiger partial charge is 0.325 e. The molecule has 3 aromatic rings. The fourth-order valence-corrected chi connectivity index (χ4v) is 4.45. The van der Waals surface area contributed by atoms with E-state index in [0.717, 1.165) is 4.90 Å². The number of carbonyl (C=O) groups is 5. The van der Waals surface area contributed by atoms with Crippen LogP contribution in [0.4, 0.5) is 16.2 Å². The number of benzene rings is 3. The standard InChI is InChI=1S/C26H18ClN3O5/c1-14-25(34)29(26(35)30(14)17-9-6-15(27)7-10-17)13-22(31)28-16-8-11-20-21(12-16)24(33)19-5-3-2-4-18(19)23(20)32/h2-12,14H,13H2,1H3,(H,28,31). The van der Waals surface area contributed by atoms with Crippen molar-refractivity contribution < 1.29 is 24.0 Å². The molecule has 1 N–H and O–H groups in total. The molecule has 35 heavy (non-hydrogen) atoms. The van der Waals surface area contributed by atoms with Crippen molar-refractivity contribution in [3.05, 3.63) is 94.0 Å². The van der Waals surface area contributed by atoms with Gasteiger partial charge in [0.15, 0.2) is 11.6 Å². The second-order valence-corrected chi connectivity index (χ2v) is 8.68. The van der Waals surface area contributed by atoms with Crippen LogP contribution < -0.4 is 10.2 Å². The van der Waals surface area contributed by atoms with Gasteiger partial charge >= 0.3 is 6.03 Å². The van der Waals surface area contributed by atoms with E-state index < -0.39 is 30.4 Å². The van der Waals surface area contributed by atoms with E-state index in [-0.39, 0.29) is 28.4 Å². The number of nitrogens with zero attached hydrogens (tertiary/aromatic N) is 2. The minimum Gasteiger partial charge on any atom is -0.325 e. The number of carbonyl (C=O) groups excluding carboxylic acids is 5. The molecule has 0 radical (unpaired) electrons. The predicted octanol–water partition coefficient (Wildman–Crippen LogP) is 3.91. The summed E-state index contributed by atoms with van der Waals surface area (Å²) in [5, 5.41) is 3.10. The molecule has 1 atom stereocenters. The average molecular weight is 488 g/mol. The molecule has 2 aliphatic rings. The van der Waals surface area contributed by atoms with E-state index in [0.29, 0.717) is 21.8 Å². The number of hydrogen-bond acceptors (Lipinski definition) is 5. The van der Waals surface area contributed by atoms with E-state index in [1.165, 1.54) is 23.1 Å². The van der Waals surface area contributed by atoms with Crippen molar-refractivity contribution in [1.82, 2.24) is 4.90 Å². The van der Waals surface area contributed by atoms with Gasteiger partial charge in [0.05, 0.1) is 0 Å². The average Bonchev–Trinajstić information content (AvgIpc) is 3.06. The Bertz CT molecular complexity index is 1430. The van der Waals surface area contributed by atoms with Crippen LogP contribution >= 0.6 is 11.6 Å². The van der Waals surface area contributed by atoms with E-state index in [1.54, 1.807) is 55.5 Å². The maximum atomic E-state index is 12.9. The molecule has 1 fully saturated rings. The third kappa shape index (κ3) is 3.77. The van der Waals surface area contributed by atoms with Crippen molar-refractivity contribution in [2.45, 2.75) is 13.0 Å². The number of rotatable bonds is 4. The first-order chi connectivity index (χ1) is 16.8. The van der Waals surface area contributed by atoms with Gasteiger partial charge < -0.3 is 5.32 Å². The number of urea groups is 1. The number of amides is 4. The Hall–Kier alpha value is -4.30. The quantitative estimate of drug-likeness (QED) is 0.439. The number of imide groups is 1. The predicted molar refractivity (Wildman–Crippen MR) is 129 cm³/mol. The van der Waals surface area contributed by atoms with Crippen LogP contribution in [0.5, 0.6) is 0 Å². The van der Waals surface area contributed by atoms with Crippen LogP contribution in [0.1, 0.15) is 38.8 Å². The Morgan fingerprint density at radius 3 is 2.11 bits per heavy atom. The third-order valence-electron chi connectivity index (χ3n) is 6.06. The number of anilines is 2. The lowest BCUT2D eigenvalue weighted by Gasteiger charge is -2.20. The van der Waals surface area contributed by atoms with Gasteiger partial charge in [-0.15, -0.1) is 0 Å². The Balaban J connectivity index is 1.33. The summed E-state index contributed by atoms with van der Waals surface area (Å²) in [5.41, 5.74) is 1.84. The molecule has 9 heteroatoms. The molecule has 1 unspecified atom stereocenters. The molecule has 1 heterocycles. The summed E-state index contributed by atoms with van der Waals surface area (Å²) < 4.78 is 0. The molecule has 0 bridgehead atoms. The highest BCUT2D eigenvalue weighted by atomic mass is 35.5. The molecule has 0 saturated carbocycles. The molecule has 4 amide bonds. The van der Waals surface area contributed by atoms with Crippen molar-refractivity contribution in [3.63, 3.8) is 0 Å². The molecule has 3 aromatic carbocycles. The molecule has 1 saturated heterocycles. The van der Waals surface area contributed by atoms with Crippen LogP contribution in [0.15, 0.2) is 66.7 Å². The van der Waals surface area contributed by atoms with E-state index in [1.807, 2.05) is 0 Å². The van der Waals surface area contributed by atoms with E-state index >= 15 is 0 Å². The second kappa shape index (κ2) is 8.48. The number of hydrogen-bond donors (Lipinski definition) is 1. The highest BCUT2D eigenvalue weighted by Crippen LogP contribution is 2.30. The Labute approximate surface area is 205 Å². The number of fused-ring (bicyclic) bond motifs is 2. The minimum atomic E-state index is -0.788. The van der Waals surface area contributed by atoms with Crippen LogP contribution in [0.2, 0.25) is 5.02 Å².